The minimum atomic E-state index is 0.442. The predicted molar refractivity (Wildman–Crippen MR) is 81.5 cm³/mol. The highest BCUT2D eigenvalue weighted by molar-refractivity contribution is 7.99. The Bertz CT molecular complexity index is 354. The van der Waals surface area contributed by atoms with Crippen LogP contribution in [0.4, 0.5) is 0 Å². The Hall–Kier alpha value is -0.510. The van der Waals surface area contributed by atoms with Gasteiger partial charge in [-0.15, -0.1) is 0 Å². The van der Waals surface area contributed by atoms with E-state index in [1.807, 2.05) is 11.8 Å². The summed E-state index contributed by atoms with van der Waals surface area (Å²) in [5, 5.41) is 3.57. The normalized spacial score (nSPS) is 12.7. The minimum absolute atomic E-state index is 0.442. The molecule has 0 aliphatic heterocycles. The zero-order valence-corrected chi connectivity index (χ0v) is 12.8. The molecule has 2 nitrogen and oxygen atoms in total. The number of aryl methyl sites for hydroxylation is 2. The molecule has 1 N–H and O–H groups in total. The van der Waals surface area contributed by atoms with Gasteiger partial charge in [0.15, 0.2) is 0 Å². The summed E-state index contributed by atoms with van der Waals surface area (Å²) in [6, 6.07) is 7.17. The van der Waals surface area contributed by atoms with Gasteiger partial charge in [-0.05, 0) is 31.5 Å². The van der Waals surface area contributed by atoms with Gasteiger partial charge in [-0.2, -0.15) is 11.8 Å². The van der Waals surface area contributed by atoms with Crippen molar-refractivity contribution in [3.05, 3.63) is 34.9 Å². The number of hydrogen-bond donors (Lipinski definition) is 1. The molecule has 1 unspecified atom stereocenters. The molecule has 102 valence electrons. The third-order valence-electron chi connectivity index (χ3n) is 2.97. The van der Waals surface area contributed by atoms with Crippen LogP contribution < -0.4 is 5.32 Å². The number of nitrogens with one attached hydrogen (secondary N) is 1. The van der Waals surface area contributed by atoms with Gasteiger partial charge in [-0.25, -0.2) is 0 Å². The smallest absolute Gasteiger partial charge is 0.0552 e. The summed E-state index contributed by atoms with van der Waals surface area (Å²) in [7, 11) is 1.76. The number of hydrogen-bond acceptors (Lipinski definition) is 3. The highest BCUT2D eigenvalue weighted by atomic mass is 32.2. The number of methoxy groups -OCH3 is 1. The second kappa shape index (κ2) is 8.57. The maximum Gasteiger partial charge on any atom is 0.0552 e. The molecular formula is C15H25NOS. The van der Waals surface area contributed by atoms with Crippen LogP contribution in [0, 0.1) is 13.8 Å². The second-order valence-electron chi connectivity index (χ2n) is 4.54. The molecule has 1 rings (SSSR count). The summed E-state index contributed by atoms with van der Waals surface area (Å²) in [4.78, 5) is 0. The third-order valence-corrected chi connectivity index (χ3v) is 3.99. The molecule has 3 heteroatoms. The van der Waals surface area contributed by atoms with Crippen molar-refractivity contribution in [2.75, 3.05) is 31.8 Å². The zero-order chi connectivity index (χ0) is 13.4. The van der Waals surface area contributed by atoms with Crippen molar-refractivity contribution in [2.45, 2.75) is 26.8 Å². The molecule has 0 radical (unpaired) electrons. The SMILES string of the molecule is CCNC(CSCCOC)c1ccc(C)cc1C. The first kappa shape index (κ1) is 15.5. The average Bonchev–Trinajstić information content (AvgIpc) is 2.34. The van der Waals surface area contributed by atoms with E-state index in [1.54, 1.807) is 7.11 Å². The van der Waals surface area contributed by atoms with Crippen LogP contribution in [0.15, 0.2) is 18.2 Å². The molecule has 0 aliphatic carbocycles. The molecule has 0 aliphatic rings. The Morgan fingerprint density at radius 1 is 1.33 bits per heavy atom. The first-order valence-corrected chi connectivity index (χ1v) is 7.71. The molecule has 0 spiro atoms. The summed E-state index contributed by atoms with van der Waals surface area (Å²) < 4.78 is 5.09. The van der Waals surface area contributed by atoms with Gasteiger partial charge in [0.2, 0.25) is 0 Å². The van der Waals surface area contributed by atoms with E-state index in [0.717, 1.165) is 24.7 Å². The lowest BCUT2D eigenvalue weighted by Crippen LogP contribution is -2.24. The summed E-state index contributed by atoms with van der Waals surface area (Å²) in [5.41, 5.74) is 4.14. The molecule has 0 saturated carbocycles. The van der Waals surface area contributed by atoms with Crippen LogP contribution in [0.2, 0.25) is 0 Å². The Labute approximate surface area is 116 Å². The molecule has 0 fully saturated rings. The molecule has 1 aromatic carbocycles. The fraction of sp³-hybridized carbons (Fsp3) is 0.600. The molecular weight excluding hydrogens is 242 g/mol. The van der Waals surface area contributed by atoms with E-state index in [1.165, 1.54) is 16.7 Å². The van der Waals surface area contributed by atoms with Gasteiger partial charge in [0.1, 0.15) is 0 Å². The number of ether oxygens (including phenoxy) is 1. The van der Waals surface area contributed by atoms with Gasteiger partial charge in [-0.1, -0.05) is 30.7 Å². The van der Waals surface area contributed by atoms with Crippen LogP contribution in [0.1, 0.15) is 29.7 Å². The molecule has 1 atom stereocenters. The first-order chi connectivity index (χ1) is 8.69. The van der Waals surface area contributed by atoms with Crippen LogP contribution in [0.3, 0.4) is 0 Å². The molecule has 0 amide bonds. The van der Waals surface area contributed by atoms with Gasteiger partial charge in [0.25, 0.3) is 0 Å². The largest absolute Gasteiger partial charge is 0.384 e. The highest BCUT2D eigenvalue weighted by Gasteiger charge is 2.12. The van der Waals surface area contributed by atoms with Crippen molar-refractivity contribution in [1.29, 1.82) is 0 Å². The van der Waals surface area contributed by atoms with E-state index in [-0.39, 0.29) is 0 Å². The van der Waals surface area contributed by atoms with Crippen molar-refractivity contribution in [3.63, 3.8) is 0 Å². The van der Waals surface area contributed by atoms with Crippen molar-refractivity contribution < 1.29 is 4.74 Å². The van der Waals surface area contributed by atoms with Crippen LogP contribution in [0.25, 0.3) is 0 Å². The quantitative estimate of drug-likeness (QED) is 0.730. The molecule has 18 heavy (non-hydrogen) atoms. The summed E-state index contributed by atoms with van der Waals surface area (Å²) in [6.45, 7) is 8.34. The summed E-state index contributed by atoms with van der Waals surface area (Å²) >= 11 is 1.95. The average molecular weight is 267 g/mol. The van der Waals surface area contributed by atoms with Crippen molar-refractivity contribution in [1.82, 2.24) is 5.32 Å². The van der Waals surface area contributed by atoms with E-state index < -0.39 is 0 Å². The monoisotopic (exact) mass is 267 g/mol. The topological polar surface area (TPSA) is 21.3 Å². The van der Waals surface area contributed by atoms with Crippen LogP contribution in [0.5, 0.6) is 0 Å². The molecule has 0 aromatic heterocycles. The van der Waals surface area contributed by atoms with Crippen molar-refractivity contribution in [3.8, 4) is 0 Å². The van der Waals surface area contributed by atoms with E-state index in [2.05, 4.69) is 44.3 Å². The fourth-order valence-corrected chi connectivity index (χ4v) is 3.05. The van der Waals surface area contributed by atoms with Gasteiger partial charge in [0, 0.05) is 24.7 Å². The van der Waals surface area contributed by atoms with E-state index >= 15 is 0 Å². The Morgan fingerprint density at radius 3 is 2.72 bits per heavy atom. The molecule has 0 bridgehead atoms. The van der Waals surface area contributed by atoms with E-state index in [4.69, 9.17) is 4.74 Å². The predicted octanol–water partition coefficient (Wildman–Crippen LogP) is 3.33. The van der Waals surface area contributed by atoms with Gasteiger partial charge in [0.05, 0.1) is 6.61 Å². The van der Waals surface area contributed by atoms with Crippen LogP contribution in [-0.2, 0) is 4.74 Å². The maximum absolute atomic E-state index is 5.09. The number of thioether (sulfide) groups is 1. The number of benzene rings is 1. The number of rotatable bonds is 8. The first-order valence-electron chi connectivity index (χ1n) is 6.56. The summed E-state index contributed by atoms with van der Waals surface area (Å²) in [5.74, 6) is 2.16. The van der Waals surface area contributed by atoms with Crippen LogP contribution in [-0.4, -0.2) is 31.8 Å². The van der Waals surface area contributed by atoms with E-state index in [9.17, 15) is 0 Å². The van der Waals surface area contributed by atoms with Crippen LogP contribution >= 0.6 is 11.8 Å². The van der Waals surface area contributed by atoms with Crippen molar-refractivity contribution >= 4 is 11.8 Å². The lowest BCUT2D eigenvalue weighted by molar-refractivity contribution is 0.218. The molecule has 0 heterocycles. The lowest BCUT2D eigenvalue weighted by atomic mass is 10.0. The molecule has 1 aromatic rings. The second-order valence-corrected chi connectivity index (χ2v) is 5.69. The Morgan fingerprint density at radius 2 is 2.11 bits per heavy atom. The minimum Gasteiger partial charge on any atom is -0.384 e. The summed E-state index contributed by atoms with van der Waals surface area (Å²) in [6.07, 6.45) is 0. The fourth-order valence-electron chi connectivity index (χ4n) is 2.07. The van der Waals surface area contributed by atoms with Crippen molar-refractivity contribution in [2.24, 2.45) is 0 Å². The lowest BCUT2D eigenvalue weighted by Gasteiger charge is -2.20. The Balaban J connectivity index is 2.64. The van der Waals surface area contributed by atoms with E-state index in [0.29, 0.717) is 6.04 Å². The highest BCUT2D eigenvalue weighted by Crippen LogP contribution is 2.22. The van der Waals surface area contributed by atoms with Gasteiger partial charge < -0.3 is 10.1 Å². The third kappa shape index (κ3) is 5.01. The molecule has 0 saturated heterocycles. The van der Waals surface area contributed by atoms with Gasteiger partial charge in [-0.3, -0.25) is 0 Å². The Kier molecular flexibility index (Phi) is 7.40. The van der Waals surface area contributed by atoms with Gasteiger partial charge >= 0.3 is 0 Å². The zero-order valence-electron chi connectivity index (χ0n) is 12.0. The standard InChI is InChI=1S/C15H25NOS/c1-5-16-15(11-18-9-8-17-4)14-7-6-12(2)10-13(14)3/h6-7,10,15-16H,5,8-9,11H2,1-4H3. The maximum atomic E-state index is 5.09.